The van der Waals surface area contributed by atoms with Crippen molar-refractivity contribution in [1.82, 2.24) is 0 Å². The van der Waals surface area contributed by atoms with Crippen LogP contribution in [-0.2, 0) is 12.8 Å². The first-order valence-electron chi connectivity index (χ1n) is 4.36. The zero-order valence-corrected chi connectivity index (χ0v) is 7.83. The average molecular weight is 178 g/mol. The Morgan fingerprint density at radius 2 is 2.08 bits per heavy atom. The first-order chi connectivity index (χ1) is 6.17. The summed E-state index contributed by atoms with van der Waals surface area (Å²) in [5.41, 5.74) is 1.99. The van der Waals surface area contributed by atoms with Crippen molar-refractivity contribution < 1.29 is 4.92 Å². The van der Waals surface area contributed by atoms with Gasteiger partial charge in [-0.25, -0.2) is 0 Å². The van der Waals surface area contributed by atoms with Crippen LogP contribution >= 0.6 is 0 Å². The van der Waals surface area contributed by atoms with Gasteiger partial charge >= 0.3 is 0 Å². The van der Waals surface area contributed by atoms with E-state index in [2.05, 4.69) is 6.07 Å². The molecular weight excluding hydrogens is 166 g/mol. The molecule has 0 heterocycles. The maximum absolute atomic E-state index is 10.5. The van der Waals surface area contributed by atoms with Crippen LogP contribution in [0.4, 0.5) is 5.69 Å². The molecule has 0 spiro atoms. The van der Waals surface area contributed by atoms with Gasteiger partial charge in [0.05, 0.1) is 11.0 Å². The Hall–Kier alpha value is -1.38. The van der Waals surface area contributed by atoms with E-state index >= 15 is 0 Å². The number of benzene rings is 1. The summed E-state index contributed by atoms with van der Waals surface area (Å²) in [4.78, 5) is 10.1. The second-order valence-corrected chi connectivity index (χ2v) is 2.86. The first kappa shape index (κ1) is 9.71. The van der Waals surface area contributed by atoms with Crippen LogP contribution in [0.15, 0.2) is 12.1 Å². The van der Waals surface area contributed by atoms with Gasteiger partial charge in [0.25, 0.3) is 5.69 Å². The van der Waals surface area contributed by atoms with E-state index in [1.54, 1.807) is 6.07 Å². The topological polar surface area (TPSA) is 43.1 Å². The Kier molecular flexibility index (Phi) is 3.01. The third-order valence-electron chi connectivity index (χ3n) is 1.96. The zero-order valence-electron chi connectivity index (χ0n) is 7.83. The molecule has 1 rings (SSSR count). The highest BCUT2D eigenvalue weighted by molar-refractivity contribution is 5.37. The van der Waals surface area contributed by atoms with E-state index in [1.807, 2.05) is 19.9 Å². The second kappa shape index (κ2) is 4.03. The fourth-order valence-corrected chi connectivity index (χ4v) is 1.17. The Balaban J connectivity index is 3.14. The molecule has 1 aromatic rings. The van der Waals surface area contributed by atoms with E-state index in [4.69, 9.17) is 0 Å². The van der Waals surface area contributed by atoms with Crippen molar-refractivity contribution in [3.05, 3.63) is 39.4 Å². The van der Waals surface area contributed by atoms with Crippen molar-refractivity contribution in [1.29, 1.82) is 0 Å². The summed E-state index contributed by atoms with van der Waals surface area (Å²) in [5.74, 6) is 0. The summed E-state index contributed by atoms with van der Waals surface area (Å²) >= 11 is 0. The molecule has 1 aromatic carbocycles. The van der Waals surface area contributed by atoms with E-state index in [0.717, 1.165) is 24.0 Å². The van der Waals surface area contributed by atoms with E-state index < -0.39 is 4.92 Å². The van der Waals surface area contributed by atoms with Crippen LogP contribution in [0, 0.1) is 16.2 Å². The maximum atomic E-state index is 10.5. The molecule has 0 unspecified atom stereocenters. The van der Waals surface area contributed by atoms with Gasteiger partial charge in [-0.3, -0.25) is 10.1 Å². The minimum Gasteiger partial charge on any atom is -0.258 e. The molecule has 69 valence electrons. The predicted molar refractivity (Wildman–Crippen MR) is 50.7 cm³/mol. The lowest BCUT2D eigenvalue weighted by Gasteiger charge is -2.00. The van der Waals surface area contributed by atoms with Crippen molar-refractivity contribution in [3.63, 3.8) is 0 Å². The number of hydrogen-bond donors (Lipinski definition) is 0. The lowest BCUT2D eigenvalue weighted by atomic mass is 10.1. The molecule has 0 aliphatic rings. The Morgan fingerprint density at radius 1 is 1.38 bits per heavy atom. The molecular formula is C10H12NO2. The lowest BCUT2D eigenvalue weighted by molar-refractivity contribution is -0.385. The summed E-state index contributed by atoms with van der Waals surface area (Å²) in [6.07, 6.45) is 1.61. The van der Waals surface area contributed by atoms with E-state index in [-0.39, 0.29) is 5.69 Å². The molecule has 1 radical (unpaired) electrons. The number of nitro groups is 1. The van der Waals surface area contributed by atoms with Gasteiger partial charge in [0.15, 0.2) is 0 Å². The van der Waals surface area contributed by atoms with Crippen LogP contribution < -0.4 is 0 Å². The van der Waals surface area contributed by atoms with Crippen LogP contribution in [0.3, 0.4) is 0 Å². The van der Waals surface area contributed by atoms with Crippen LogP contribution in [0.25, 0.3) is 0 Å². The number of nitro benzene ring substituents is 1. The monoisotopic (exact) mass is 178 g/mol. The second-order valence-electron chi connectivity index (χ2n) is 2.86. The van der Waals surface area contributed by atoms with Gasteiger partial charge in [-0.2, -0.15) is 0 Å². The van der Waals surface area contributed by atoms with Gasteiger partial charge in [-0.15, -0.1) is 0 Å². The summed E-state index contributed by atoms with van der Waals surface area (Å²) in [7, 11) is 0. The quantitative estimate of drug-likeness (QED) is 0.527. The summed E-state index contributed by atoms with van der Waals surface area (Å²) in [5, 5.41) is 10.5. The minimum absolute atomic E-state index is 0.0798. The molecule has 0 amide bonds. The standard InChI is InChI=1S/C10H12NO2/c1-3-8-5-9(4-2)7-10(6-8)11(12)13/h5-6H,3-4H2,1-2H3. The van der Waals surface area contributed by atoms with E-state index in [1.165, 1.54) is 0 Å². The van der Waals surface area contributed by atoms with Gasteiger partial charge in [-0.1, -0.05) is 19.9 Å². The number of hydrogen-bond acceptors (Lipinski definition) is 2. The number of non-ortho nitro benzene ring substituents is 1. The molecule has 0 bridgehead atoms. The van der Waals surface area contributed by atoms with Crippen LogP contribution in [-0.4, -0.2) is 4.92 Å². The molecule has 0 aromatic heterocycles. The van der Waals surface area contributed by atoms with E-state index in [9.17, 15) is 10.1 Å². The molecule has 13 heavy (non-hydrogen) atoms. The number of nitrogens with zero attached hydrogens (tertiary/aromatic N) is 1. The van der Waals surface area contributed by atoms with Gasteiger partial charge < -0.3 is 0 Å². The zero-order chi connectivity index (χ0) is 9.84. The van der Waals surface area contributed by atoms with Crippen molar-refractivity contribution >= 4 is 5.69 Å². The predicted octanol–water partition coefficient (Wildman–Crippen LogP) is 2.52. The largest absolute Gasteiger partial charge is 0.278 e. The summed E-state index contributed by atoms with van der Waals surface area (Å²) in [6.45, 7) is 3.95. The van der Waals surface area contributed by atoms with Crippen LogP contribution in [0.2, 0.25) is 0 Å². The van der Waals surface area contributed by atoms with Crippen LogP contribution in [0.1, 0.15) is 25.0 Å². The highest BCUT2D eigenvalue weighted by Gasteiger charge is 2.08. The van der Waals surface area contributed by atoms with Crippen molar-refractivity contribution in [3.8, 4) is 0 Å². The lowest BCUT2D eigenvalue weighted by Crippen LogP contribution is -1.93. The Morgan fingerprint density at radius 3 is 2.54 bits per heavy atom. The third kappa shape index (κ3) is 2.28. The molecule has 3 nitrogen and oxygen atoms in total. The third-order valence-corrected chi connectivity index (χ3v) is 1.96. The van der Waals surface area contributed by atoms with Crippen molar-refractivity contribution in [2.24, 2.45) is 0 Å². The highest BCUT2D eigenvalue weighted by atomic mass is 16.6. The molecule has 0 saturated heterocycles. The van der Waals surface area contributed by atoms with Crippen LogP contribution in [0.5, 0.6) is 0 Å². The van der Waals surface area contributed by atoms with Gasteiger partial charge in [0, 0.05) is 6.07 Å². The average Bonchev–Trinajstić information content (AvgIpc) is 2.16. The minimum atomic E-state index is -0.391. The molecule has 0 saturated carbocycles. The number of aryl methyl sites for hydroxylation is 2. The van der Waals surface area contributed by atoms with Gasteiger partial charge in [0.1, 0.15) is 0 Å². The highest BCUT2D eigenvalue weighted by Crippen LogP contribution is 2.17. The molecule has 0 aliphatic heterocycles. The van der Waals surface area contributed by atoms with E-state index in [0.29, 0.717) is 0 Å². The van der Waals surface area contributed by atoms with Crippen molar-refractivity contribution in [2.45, 2.75) is 26.7 Å². The molecule has 0 fully saturated rings. The summed E-state index contributed by atoms with van der Waals surface area (Å²) in [6, 6.07) is 6.32. The van der Waals surface area contributed by atoms with Crippen molar-refractivity contribution in [2.75, 3.05) is 0 Å². The first-order valence-corrected chi connectivity index (χ1v) is 4.36. The molecule has 3 heteroatoms. The summed E-state index contributed by atoms with van der Waals surface area (Å²) < 4.78 is 0. The normalized spacial score (nSPS) is 10.0. The maximum Gasteiger partial charge on any atom is 0.278 e. The molecule has 0 N–H and O–H groups in total. The Labute approximate surface area is 77.5 Å². The van der Waals surface area contributed by atoms with Gasteiger partial charge in [-0.05, 0) is 24.0 Å². The fourth-order valence-electron chi connectivity index (χ4n) is 1.17. The molecule has 0 atom stereocenters. The SMILES string of the molecule is CCc1[c]c([N+](=O)[O-])cc(CC)c1. The van der Waals surface area contributed by atoms with Gasteiger partial charge in [0.2, 0.25) is 0 Å². The Bertz CT molecular complexity index is 298. The number of rotatable bonds is 3. The smallest absolute Gasteiger partial charge is 0.258 e. The molecule has 0 aliphatic carbocycles. The fraction of sp³-hybridized carbons (Fsp3) is 0.400.